The normalized spacial score (nSPS) is 10.5. The van der Waals surface area contributed by atoms with E-state index in [0.29, 0.717) is 5.56 Å². The number of nitrogens with zero attached hydrogens (tertiary/aromatic N) is 1. The van der Waals surface area contributed by atoms with E-state index in [0.717, 1.165) is 26.4 Å². The Labute approximate surface area is 141 Å². The minimum atomic E-state index is -0.132. The Bertz CT molecular complexity index is 829. The molecule has 1 N–H and O–H groups in total. The molecule has 3 nitrogen and oxygen atoms in total. The summed E-state index contributed by atoms with van der Waals surface area (Å²) in [6.07, 6.45) is 0. The second kappa shape index (κ2) is 6.42. The van der Waals surface area contributed by atoms with Crippen LogP contribution in [0.25, 0.3) is 11.3 Å². The van der Waals surface area contributed by atoms with Gasteiger partial charge in [0.25, 0.3) is 5.91 Å². The van der Waals surface area contributed by atoms with Crippen molar-refractivity contribution in [3.8, 4) is 11.3 Å². The molecule has 2 aromatic carbocycles. The van der Waals surface area contributed by atoms with Crippen LogP contribution >= 0.6 is 27.3 Å². The van der Waals surface area contributed by atoms with E-state index in [9.17, 15) is 4.79 Å². The van der Waals surface area contributed by atoms with E-state index in [2.05, 4.69) is 26.2 Å². The predicted octanol–water partition coefficient (Wildman–Crippen LogP) is 5.13. The molecule has 0 aliphatic rings. The third-order valence-electron chi connectivity index (χ3n) is 3.12. The number of thiazole rings is 1. The lowest BCUT2D eigenvalue weighted by atomic mass is 10.1. The van der Waals surface area contributed by atoms with Crippen LogP contribution in [0.1, 0.15) is 15.4 Å². The molecular formula is C17H13BrN2OS. The number of aromatic nitrogens is 1. The zero-order chi connectivity index (χ0) is 15.5. The van der Waals surface area contributed by atoms with Crippen molar-refractivity contribution in [3.05, 3.63) is 69.0 Å². The van der Waals surface area contributed by atoms with E-state index in [-0.39, 0.29) is 5.91 Å². The number of halogens is 1. The van der Waals surface area contributed by atoms with Crippen LogP contribution in [0.4, 0.5) is 5.69 Å². The van der Waals surface area contributed by atoms with Gasteiger partial charge in [0.2, 0.25) is 0 Å². The number of benzene rings is 2. The van der Waals surface area contributed by atoms with E-state index in [4.69, 9.17) is 0 Å². The molecule has 3 rings (SSSR count). The molecule has 0 bridgehead atoms. The van der Waals surface area contributed by atoms with Crippen LogP contribution in [0, 0.1) is 6.92 Å². The Kier molecular flexibility index (Phi) is 4.36. The van der Waals surface area contributed by atoms with Gasteiger partial charge in [-0.25, -0.2) is 4.98 Å². The molecule has 110 valence electrons. The summed E-state index contributed by atoms with van der Waals surface area (Å²) in [6.45, 7) is 1.98. The summed E-state index contributed by atoms with van der Waals surface area (Å²) in [5.74, 6) is -0.132. The number of nitrogens with one attached hydrogen (secondary N) is 1. The number of aryl methyl sites for hydroxylation is 1. The molecule has 0 saturated carbocycles. The van der Waals surface area contributed by atoms with Crippen molar-refractivity contribution in [1.29, 1.82) is 0 Å². The second-order valence-corrected chi connectivity index (χ2v) is 6.77. The van der Waals surface area contributed by atoms with Crippen LogP contribution in [0.15, 0.2) is 58.4 Å². The van der Waals surface area contributed by atoms with E-state index in [1.807, 2.05) is 48.7 Å². The molecule has 1 amide bonds. The second-order valence-electron chi connectivity index (χ2n) is 4.80. The van der Waals surface area contributed by atoms with Gasteiger partial charge in [0.15, 0.2) is 0 Å². The fourth-order valence-corrected chi connectivity index (χ4v) is 3.11. The van der Waals surface area contributed by atoms with Gasteiger partial charge in [0.05, 0.1) is 10.7 Å². The Balaban J connectivity index is 1.82. The number of hydrogen-bond acceptors (Lipinski definition) is 3. The van der Waals surface area contributed by atoms with Gasteiger partial charge in [-0.3, -0.25) is 4.79 Å². The molecule has 3 aromatic rings. The quantitative estimate of drug-likeness (QED) is 0.691. The van der Waals surface area contributed by atoms with Gasteiger partial charge in [-0.1, -0.05) is 34.1 Å². The van der Waals surface area contributed by atoms with E-state index in [1.54, 1.807) is 23.5 Å². The number of anilines is 1. The Morgan fingerprint density at radius 3 is 2.73 bits per heavy atom. The highest BCUT2D eigenvalue weighted by Gasteiger charge is 2.08. The molecule has 0 saturated heterocycles. The van der Waals surface area contributed by atoms with Crippen molar-refractivity contribution in [1.82, 2.24) is 4.98 Å². The number of rotatable bonds is 3. The summed E-state index contributed by atoms with van der Waals surface area (Å²) >= 11 is 4.99. The lowest BCUT2D eigenvalue weighted by molar-refractivity contribution is 0.102. The smallest absolute Gasteiger partial charge is 0.255 e. The highest BCUT2D eigenvalue weighted by Crippen LogP contribution is 2.24. The lowest BCUT2D eigenvalue weighted by Crippen LogP contribution is -2.11. The number of amides is 1. The Morgan fingerprint density at radius 1 is 1.18 bits per heavy atom. The van der Waals surface area contributed by atoms with Crippen molar-refractivity contribution >= 4 is 38.9 Å². The molecule has 1 heterocycles. The van der Waals surface area contributed by atoms with Gasteiger partial charge in [-0.2, -0.15) is 0 Å². The van der Waals surface area contributed by atoms with Crippen LogP contribution in [-0.2, 0) is 0 Å². The molecule has 1 aromatic heterocycles. The summed E-state index contributed by atoms with van der Waals surface area (Å²) in [7, 11) is 0. The van der Waals surface area contributed by atoms with E-state index >= 15 is 0 Å². The Morgan fingerprint density at radius 2 is 2.00 bits per heavy atom. The first kappa shape index (κ1) is 14.9. The van der Waals surface area contributed by atoms with Crippen molar-refractivity contribution in [2.45, 2.75) is 6.92 Å². The topological polar surface area (TPSA) is 42.0 Å². The molecule has 0 aliphatic carbocycles. The first-order valence-electron chi connectivity index (χ1n) is 6.71. The van der Waals surface area contributed by atoms with E-state index in [1.165, 1.54) is 0 Å². The third-order valence-corrected chi connectivity index (χ3v) is 4.39. The van der Waals surface area contributed by atoms with Gasteiger partial charge in [0, 0.05) is 26.7 Å². The van der Waals surface area contributed by atoms with Gasteiger partial charge in [-0.05, 0) is 37.3 Å². The van der Waals surface area contributed by atoms with Crippen LogP contribution in [0.2, 0.25) is 0 Å². The minimum Gasteiger partial charge on any atom is -0.322 e. The monoisotopic (exact) mass is 372 g/mol. The van der Waals surface area contributed by atoms with E-state index < -0.39 is 0 Å². The molecule has 0 aliphatic heterocycles. The van der Waals surface area contributed by atoms with Crippen LogP contribution in [0.5, 0.6) is 0 Å². The van der Waals surface area contributed by atoms with Crippen LogP contribution < -0.4 is 5.32 Å². The third kappa shape index (κ3) is 3.43. The summed E-state index contributed by atoms with van der Waals surface area (Å²) in [6, 6.07) is 15.0. The average molecular weight is 373 g/mol. The molecule has 0 atom stereocenters. The molecular weight excluding hydrogens is 360 g/mol. The minimum absolute atomic E-state index is 0.132. The van der Waals surface area contributed by atoms with Crippen LogP contribution in [-0.4, -0.2) is 10.9 Å². The number of carbonyl (C=O) groups is 1. The summed E-state index contributed by atoms with van der Waals surface area (Å²) in [5, 5.41) is 5.96. The average Bonchev–Trinajstić information content (AvgIpc) is 2.94. The maximum absolute atomic E-state index is 12.3. The van der Waals surface area contributed by atoms with Gasteiger partial charge >= 0.3 is 0 Å². The summed E-state index contributed by atoms with van der Waals surface area (Å²) < 4.78 is 0.881. The van der Waals surface area contributed by atoms with Crippen molar-refractivity contribution < 1.29 is 4.79 Å². The molecule has 5 heteroatoms. The zero-order valence-electron chi connectivity index (χ0n) is 11.8. The summed E-state index contributed by atoms with van der Waals surface area (Å²) in [5.41, 5.74) is 3.30. The first-order valence-corrected chi connectivity index (χ1v) is 8.38. The van der Waals surface area contributed by atoms with Crippen LogP contribution in [0.3, 0.4) is 0 Å². The number of carbonyl (C=O) groups excluding carboxylic acids is 1. The molecule has 0 spiro atoms. The molecule has 22 heavy (non-hydrogen) atoms. The zero-order valence-corrected chi connectivity index (χ0v) is 14.2. The molecule has 0 radical (unpaired) electrons. The summed E-state index contributed by atoms with van der Waals surface area (Å²) in [4.78, 5) is 16.7. The van der Waals surface area contributed by atoms with Gasteiger partial charge < -0.3 is 5.32 Å². The fourth-order valence-electron chi connectivity index (χ4n) is 2.09. The highest BCUT2D eigenvalue weighted by atomic mass is 79.9. The lowest BCUT2D eigenvalue weighted by Gasteiger charge is -2.07. The first-order chi connectivity index (χ1) is 10.6. The fraction of sp³-hybridized carbons (Fsp3) is 0.0588. The largest absolute Gasteiger partial charge is 0.322 e. The standard InChI is InChI=1S/C17H13BrN2OS/c1-11-19-16(10-22-11)12-4-3-7-15(9-12)20-17(21)13-5-2-6-14(18)8-13/h2-10H,1H3,(H,20,21). The number of hydrogen-bond donors (Lipinski definition) is 1. The molecule has 0 unspecified atom stereocenters. The van der Waals surface area contributed by atoms with Crippen molar-refractivity contribution in [3.63, 3.8) is 0 Å². The van der Waals surface area contributed by atoms with Crippen molar-refractivity contribution in [2.24, 2.45) is 0 Å². The maximum Gasteiger partial charge on any atom is 0.255 e. The molecule has 0 fully saturated rings. The maximum atomic E-state index is 12.3. The highest BCUT2D eigenvalue weighted by molar-refractivity contribution is 9.10. The SMILES string of the molecule is Cc1nc(-c2cccc(NC(=O)c3cccc(Br)c3)c2)cs1. The predicted molar refractivity (Wildman–Crippen MR) is 94.4 cm³/mol. The Hall–Kier alpha value is -1.98. The van der Waals surface area contributed by atoms with Gasteiger partial charge in [0.1, 0.15) is 0 Å². The van der Waals surface area contributed by atoms with Crippen molar-refractivity contribution in [2.75, 3.05) is 5.32 Å². The van der Waals surface area contributed by atoms with Gasteiger partial charge in [-0.15, -0.1) is 11.3 Å².